The maximum atomic E-state index is 9.81. The topological polar surface area (TPSA) is 49.5 Å². The molecule has 0 radical (unpaired) electrons. The molecule has 1 aromatic heterocycles. The molecule has 1 aliphatic heterocycles. The Balaban J connectivity index is 1.90. The van der Waals surface area contributed by atoms with Crippen LogP contribution >= 0.6 is 0 Å². The lowest BCUT2D eigenvalue weighted by molar-refractivity contribution is -0.00761. The molecule has 0 saturated carbocycles. The van der Waals surface area contributed by atoms with Gasteiger partial charge in [0.05, 0.1) is 11.3 Å². The van der Waals surface area contributed by atoms with Crippen molar-refractivity contribution in [2.45, 2.75) is 38.8 Å². The van der Waals surface area contributed by atoms with E-state index in [0.717, 1.165) is 43.9 Å². The molecule has 1 N–H and O–H groups in total. The summed E-state index contributed by atoms with van der Waals surface area (Å²) in [6.07, 6.45) is 3.17. The molecule has 1 aliphatic rings. The standard InChI is InChI=1S/C11H18N2O2/c1-9-10(12-8-15-9)7-13-5-3-11(2,14)4-6-13/h8,14H,3-7H2,1-2H3. The van der Waals surface area contributed by atoms with E-state index >= 15 is 0 Å². The average Bonchev–Trinajstić information content (AvgIpc) is 2.56. The van der Waals surface area contributed by atoms with Crippen LogP contribution in [-0.2, 0) is 6.54 Å². The van der Waals surface area contributed by atoms with E-state index in [9.17, 15) is 5.11 Å². The summed E-state index contributed by atoms with van der Waals surface area (Å²) in [5.41, 5.74) is 0.534. The Hall–Kier alpha value is -0.870. The predicted octanol–water partition coefficient (Wildman–Crippen LogP) is 1.33. The van der Waals surface area contributed by atoms with Crippen molar-refractivity contribution >= 4 is 0 Å². The third-order valence-electron chi connectivity index (χ3n) is 3.15. The van der Waals surface area contributed by atoms with Crippen molar-refractivity contribution in [3.63, 3.8) is 0 Å². The first kappa shape index (κ1) is 10.6. The summed E-state index contributed by atoms with van der Waals surface area (Å²) in [5.74, 6) is 0.896. The van der Waals surface area contributed by atoms with Crippen molar-refractivity contribution in [2.75, 3.05) is 13.1 Å². The molecule has 0 amide bonds. The molecule has 84 valence electrons. The minimum atomic E-state index is -0.477. The monoisotopic (exact) mass is 210 g/mol. The van der Waals surface area contributed by atoms with Crippen LogP contribution in [0.25, 0.3) is 0 Å². The maximum absolute atomic E-state index is 9.81. The van der Waals surface area contributed by atoms with Gasteiger partial charge in [0.2, 0.25) is 0 Å². The predicted molar refractivity (Wildman–Crippen MR) is 56.4 cm³/mol. The van der Waals surface area contributed by atoms with Crippen LogP contribution in [0.3, 0.4) is 0 Å². The highest BCUT2D eigenvalue weighted by molar-refractivity contribution is 5.04. The van der Waals surface area contributed by atoms with Gasteiger partial charge in [-0.2, -0.15) is 0 Å². The Morgan fingerprint density at radius 2 is 2.20 bits per heavy atom. The number of hydrogen-bond donors (Lipinski definition) is 1. The van der Waals surface area contributed by atoms with E-state index in [4.69, 9.17) is 4.42 Å². The van der Waals surface area contributed by atoms with Gasteiger partial charge >= 0.3 is 0 Å². The lowest BCUT2D eigenvalue weighted by atomic mass is 9.94. The zero-order chi connectivity index (χ0) is 10.9. The third kappa shape index (κ3) is 2.58. The summed E-state index contributed by atoms with van der Waals surface area (Å²) >= 11 is 0. The van der Waals surface area contributed by atoms with E-state index in [1.54, 1.807) is 0 Å². The van der Waals surface area contributed by atoms with Gasteiger partial charge in [-0.3, -0.25) is 4.90 Å². The summed E-state index contributed by atoms with van der Waals surface area (Å²) < 4.78 is 5.16. The fraction of sp³-hybridized carbons (Fsp3) is 0.727. The van der Waals surface area contributed by atoms with Crippen LogP contribution in [-0.4, -0.2) is 33.7 Å². The largest absolute Gasteiger partial charge is 0.448 e. The first-order chi connectivity index (χ1) is 7.07. The fourth-order valence-electron chi connectivity index (χ4n) is 1.88. The lowest BCUT2D eigenvalue weighted by Gasteiger charge is -2.35. The molecule has 2 rings (SSSR count). The number of likely N-dealkylation sites (tertiary alicyclic amines) is 1. The molecule has 0 spiro atoms. The normalized spacial score (nSPS) is 21.8. The number of rotatable bonds is 2. The van der Waals surface area contributed by atoms with E-state index < -0.39 is 5.60 Å². The lowest BCUT2D eigenvalue weighted by Crippen LogP contribution is -2.42. The van der Waals surface area contributed by atoms with Gasteiger partial charge in [-0.15, -0.1) is 0 Å². The quantitative estimate of drug-likeness (QED) is 0.800. The summed E-state index contributed by atoms with van der Waals surface area (Å²) in [5, 5.41) is 9.81. The molecular weight excluding hydrogens is 192 g/mol. The van der Waals surface area contributed by atoms with E-state index in [-0.39, 0.29) is 0 Å². The molecule has 4 nitrogen and oxygen atoms in total. The highest BCUT2D eigenvalue weighted by Gasteiger charge is 2.27. The van der Waals surface area contributed by atoms with Crippen LogP contribution in [0.1, 0.15) is 31.2 Å². The first-order valence-electron chi connectivity index (χ1n) is 5.40. The van der Waals surface area contributed by atoms with Crippen molar-refractivity contribution in [2.24, 2.45) is 0 Å². The van der Waals surface area contributed by atoms with Crippen LogP contribution in [0.5, 0.6) is 0 Å². The zero-order valence-corrected chi connectivity index (χ0v) is 9.36. The highest BCUT2D eigenvalue weighted by atomic mass is 16.3. The van der Waals surface area contributed by atoms with Gasteiger partial charge in [-0.25, -0.2) is 4.98 Å². The number of aromatic nitrogens is 1. The molecule has 1 saturated heterocycles. The third-order valence-corrected chi connectivity index (χ3v) is 3.15. The molecule has 15 heavy (non-hydrogen) atoms. The number of aryl methyl sites for hydroxylation is 1. The molecule has 0 bridgehead atoms. The minimum absolute atomic E-state index is 0.477. The summed E-state index contributed by atoms with van der Waals surface area (Å²) in [6.45, 7) is 6.53. The Bertz CT molecular complexity index is 323. The van der Waals surface area contributed by atoms with Crippen LogP contribution in [0, 0.1) is 6.92 Å². The van der Waals surface area contributed by atoms with Crippen molar-refractivity contribution in [1.82, 2.24) is 9.88 Å². The molecule has 1 fully saturated rings. The summed E-state index contributed by atoms with van der Waals surface area (Å²) in [7, 11) is 0. The van der Waals surface area contributed by atoms with Crippen molar-refractivity contribution in [3.05, 3.63) is 17.8 Å². The van der Waals surface area contributed by atoms with E-state index in [0.29, 0.717) is 0 Å². The Labute approximate surface area is 89.9 Å². The number of aliphatic hydroxyl groups is 1. The van der Waals surface area contributed by atoms with Gasteiger partial charge in [0.25, 0.3) is 0 Å². The van der Waals surface area contributed by atoms with Gasteiger partial charge in [-0.05, 0) is 26.7 Å². The second kappa shape index (κ2) is 3.94. The number of hydrogen-bond acceptors (Lipinski definition) is 4. The Morgan fingerprint density at radius 3 is 2.73 bits per heavy atom. The van der Waals surface area contributed by atoms with Crippen molar-refractivity contribution in [3.8, 4) is 0 Å². The molecule has 0 aromatic carbocycles. The van der Waals surface area contributed by atoms with Crippen molar-refractivity contribution in [1.29, 1.82) is 0 Å². The summed E-state index contributed by atoms with van der Waals surface area (Å²) in [4.78, 5) is 6.48. The molecule has 0 aliphatic carbocycles. The second-order valence-electron chi connectivity index (χ2n) is 4.63. The van der Waals surface area contributed by atoms with Gasteiger partial charge in [-0.1, -0.05) is 0 Å². The minimum Gasteiger partial charge on any atom is -0.448 e. The Kier molecular flexibility index (Phi) is 2.80. The number of oxazole rings is 1. The SMILES string of the molecule is Cc1ocnc1CN1CCC(C)(O)CC1. The van der Waals surface area contributed by atoms with E-state index in [1.165, 1.54) is 6.39 Å². The van der Waals surface area contributed by atoms with Gasteiger partial charge in [0, 0.05) is 19.6 Å². The fourth-order valence-corrected chi connectivity index (χ4v) is 1.88. The Morgan fingerprint density at radius 1 is 1.53 bits per heavy atom. The van der Waals surface area contributed by atoms with Crippen LogP contribution in [0.4, 0.5) is 0 Å². The van der Waals surface area contributed by atoms with Crippen LogP contribution in [0.15, 0.2) is 10.8 Å². The van der Waals surface area contributed by atoms with Gasteiger partial charge in [0.1, 0.15) is 5.76 Å². The molecule has 0 unspecified atom stereocenters. The van der Waals surface area contributed by atoms with Crippen LogP contribution < -0.4 is 0 Å². The van der Waals surface area contributed by atoms with Crippen LogP contribution in [0.2, 0.25) is 0 Å². The molecule has 2 heterocycles. The first-order valence-corrected chi connectivity index (χ1v) is 5.40. The highest BCUT2D eigenvalue weighted by Crippen LogP contribution is 2.22. The molecular formula is C11H18N2O2. The molecule has 1 aromatic rings. The molecule has 0 atom stereocenters. The van der Waals surface area contributed by atoms with Gasteiger partial charge < -0.3 is 9.52 Å². The summed E-state index contributed by atoms with van der Waals surface area (Å²) in [6, 6.07) is 0. The molecule has 4 heteroatoms. The average molecular weight is 210 g/mol. The smallest absolute Gasteiger partial charge is 0.181 e. The van der Waals surface area contributed by atoms with E-state index in [1.807, 2.05) is 13.8 Å². The maximum Gasteiger partial charge on any atom is 0.181 e. The van der Waals surface area contributed by atoms with E-state index in [2.05, 4.69) is 9.88 Å². The number of piperidine rings is 1. The zero-order valence-electron chi connectivity index (χ0n) is 9.36. The van der Waals surface area contributed by atoms with Gasteiger partial charge in [0.15, 0.2) is 6.39 Å². The second-order valence-corrected chi connectivity index (χ2v) is 4.63. The van der Waals surface area contributed by atoms with Crippen molar-refractivity contribution < 1.29 is 9.52 Å². The number of nitrogens with zero attached hydrogens (tertiary/aromatic N) is 2.